The van der Waals surface area contributed by atoms with Gasteiger partial charge >= 0.3 is 0 Å². The number of aromatic nitrogens is 3. The zero-order valence-electron chi connectivity index (χ0n) is 8.32. The predicted octanol–water partition coefficient (Wildman–Crippen LogP) is 3.75. The zero-order valence-corrected chi connectivity index (χ0v) is 11.5. The Labute approximate surface area is 111 Å². The van der Waals surface area contributed by atoms with Crippen molar-refractivity contribution in [2.45, 2.75) is 17.0 Å². The summed E-state index contributed by atoms with van der Waals surface area (Å²) in [7, 11) is 0. The molecule has 0 N–H and O–H groups in total. The molecule has 0 amide bonds. The summed E-state index contributed by atoms with van der Waals surface area (Å²) in [5, 5.41) is 2.16. The topological polar surface area (TPSA) is 38.7 Å². The molecule has 6 heteroatoms. The van der Waals surface area contributed by atoms with Crippen molar-refractivity contribution in [3.05, 3.63) is 39.8 Å². The van der Waals surface area contributed by atoms with Crippen LogP contribution in [-0.4, -0.2) is 15.0 Å². The van der Waals surface area contributed by atoms with E-state index >= 15 is 0 Å². The van der Waals surface area contributed by atoms with Gasteiger partial charge in [-0.3, -0.25) is 0 Å². The number of halogens is 2. The fourth-order valence-electron chi connectivity index (χ4n) is 1.05. The Balaban J connectivity index is 2.35. The summed E-state index contributed by atoms with van der Waals surface area (Å²) in [4.78, 5) is 12.4. The minimum Gasteiger partial charge on any atom is -0.248 e. The van der Waals surface area contributed by atoms with Crippen LogP contribution in [0.2, 0.25) is 5.15 Å². The molecular formula is C10H7BrClN3S. The summed E-state index contributed by atoms with van der Waals surface area (Å²) in [5.41, 5.74) is 0.867. The number of rotatable bonds is 2. The highest BCUT2D eigenvalue weighted by atomic mass is 79.9. The second-order valence-corrected chi connectivity index (χ2v) is 5.18. The van der Waals surface area contributed by atoms with E-state index in [4.69, 9.17) is 11.6 Å². The molecule has 0 atom stereocenters. The van der Waals surface area contributed by atoms with Crippen molar-refractivity contribution >= 4 is 39.3 Å². The molecule has 0 aliphatic rings. The largest absolute Gasteiger partial charge is 0.248 e. The van der Waals surface area contributed by atoms with Gasteiger partial charge in [-0.15, -0.1) is 0 Å². The maximum atomic E-state index is 5.92. The van der Waals surface area contributed by atoms with Crippen molar-refractivity contribution in [2.24, 2.45) is 0 Å². The first-order valence-electron chi connectivity index (χ1n) is 4.44. The minimum absolute atomic E-state index is 0.476. The monoisotopic (exact) mass is 315 g/mol. The minimum atomic E-state index is 0.476. The van der Waals surface area contributed by atoms with E-state index in [9.17, 15) is 0 Å². The molecule has 0 unspecified atom stereocenters. The quantitative estimate of drug-likeness (QED) is 0.791. The molecule has 0 radical (unpaired) electrons. The molecule has 0 aliphatic heterocycles. The van der Waals surface area contributed by atoms with Crippen LogP contribution >= 0.6 is 39.3 Å². The van der Waals surface area contributed by atoms with Crippen molar-refractivity contribution in [1.82, 2.24) is 15.0 Å². The lowest BCUT2D eigenvalue weighted by Crippen LogP contribution is -1.90. The van der Waals surface area contributed by atoms with Crippen molar-refractivity contribution in [1.29, 1.82) is 0 Å². The van der Waals surface area contributed by atoms with Gasteiger partial charge in [0.05, 0.1) is 4.47 Å². The van der Waals surface area contributed by atoms with Crippen LogP contribution in [0, 0.1) is 6.92 Å². The van der Waals surface area contributed by atoms with E-state index in [1.807, 2.05) is 19.1 Å². The van der Waals surface area contributed by atoms with E-state index in [1.165, 1.54) is 18.1 Å². The van der Waals surface area contributed by atoms with Crippen LogP contribution in [-0.2, 0) is 0 Å². The van der Waals surface area contributed by atoms with Gasteiger partial charge in [0.2, 0.25) is 0 Å². The molecule has 0 bridgehead atoms. The lowest BCUT2D eigenvalue weighted by molar-refractivity contribution is 0.994. The van der Waals surface area contributed by atoms with Crippen LogP contribution in [0.1, 0.15) is 5.56 Å². The highest BCUT2D eigenvalue weighted by Gasteiger charge is 2.09. The number of hydrogen-bond donors (Lipinski definition) is 0. The number of hydrogen-bond acceptors (Lipinski definition) is 4. The zero-order chi connectivity index (χ0) is 11.5. The highest BCUT2D eigenvalue weighted by molar-refractivity contribution is 9.10. The third kappa shape index (κ3) is 2.53. The molecular weight excluding hydrogens is 310 g/mol. The molecule has 2 rings (SSSR count). The van der Waals surface area contributed by atoms with Gasteiger partial charge in [0.15, 0.2) is 0 Å². The first kappa shape index (κ1) is 11.8. The van der Waals surface area contributed by atoms with E-state index in [0.717, 1.165) is 20.1 Å². The first-order chi connectivity index (χ1) is 7.68. The van der Waals surface area contributed by atoms with Crippen LogP contribution in [0.4, 0.5) is 0 Å². The van der Waals surface area contributed by atoms with Crippen molar-refractivity contribution in [3.63, 3.8) is 0 Å². The molecule has 2 aromatic rings. The maximum Gasteiger partial charge on any atom is 0.136 e. The Morgan fingerprint density at radius 2 is 2.06 bits per heavy atom. The Hall–Kier alpha value is -0.650. The standard InChI is InChI=1S/C10H7BrClN3S/c1-6-8(12)14-5-15-9(6)16-10-7(11)3-2-4-13-10/h2-5H,1H3. The van der Waals surface area contributed by atoms with Crippen molar-refractivity contribution < 1.29 is 0 Å². The van der Waals surface area contributed by atoms with Crippen LogP contribution < -0.4 is 0 Å². The molecule has 0 aromatic carbocycles. The Kier molecular flexibility index (Phi) is 3.78. The number of nitrogens with zero attached hydrogens (tertiary/aromatic N) is 3. The van der Waals surface area contributed by atoms with E-state index < -0.39 is 0 Å². The number of pyridine rings is 1. The molecule has 0 saturated carbocycles. The van der Waals surface area contributed by atoms with Gasteiger partial charge in [-0.1, -0.05) is 11.6 Å². The summed E-state index contributed by atoms with van der Waals surface area (Å²) in [6, 6.07) is 3.81. The van der Waals surface area contributed by atoms with E-state index in [1.54, 1.807) is 6.20 Å². The van der Waals surface area contributed by atoms with E-state index in [2.05, 4.69) is 30.9 Å². The van der Waals surface area contributed by atoms with Crippen LogP contribution in [0.15, 0.2) is 39.2 Å². The van der Waals surface area contributed by atoms with Gasteiger partial charge in [0, 0.05) is 11.8 Å². The van der Waals surface area contributed by atoms with E-state index in [-0.39, 0.29) is 0 Å². The fourth-order valence-corrected chi connectivity index (χ4v) is 2.55. The molecule has 0 spiro atoms. The Morgan fingerprint density at radius 3 is 2.81 bits per heavy atom. The summed E-state index contributed by atoms with van der Waals surface area (Å²) in [6.07, 6.45) is 3.19. The van der Waals surface area contributed by atoms with Crippen LogP contribution in [0.5, 0.6) is 0 Å². The fraction of sp³-hybridized carbons (Fsp3) is 0.100. The second-order valence-electron chi connectivity index (χ2n) is 2.99. The van der Waals surface area contributed by atoms with Crippen LogP contribution in [0.25, 0.3) is 0 Å². The molecule has 0 aliphatic carbocycles. The average Bonchev–Trinajstić information content (AvgIpc) is 2.28. The molecule has 2 heterocycles. The van der Waals surface area contributed by atoms with Gasteiger partial charge in [-0.2, -0.15) is 0 Å². The first-order valence-corrected chi connectivity index (χ1v) is 6.42. The van der Waals surface area contributed by atoms with Crippen LogP contribution in [0.3, 0.4) is 0 Å². The molecule has 0 saturated heterocycles. The van der Waals surface area contributed by atoms with Crippen molar-refractivity contribution in [3.8, 4) is 0 Å². The molecule has 0 fully saturated rings. The van der Waals surface area contributed by atoms with Gasteiger partial charge in [-0.05, 0) is 46.7 Å². The lowest BCUT2D eigenvalue weighted by atomic mass is 10.4. The second kappa shape index (κ2) is 5.12. The maximum absolute atomic E-state index is 5.92. The molecule has 82 valence electrons. The van der Waals surface area contributed by atoms with Gasteiger partial charge < -0.3 is 0 Å². The molecule has 3 nitrogen and oxygen atoms in total. The summed E-state index contributed by atoms with van der Waals surface area (Å²) < 4.78 is 0.939. The van der Waals surface area contributed by atoms with Gasteiger partial charge in [-0.25, -0.2) is 15.0 Å². The summed E-state index contributed by atoms with van der Waals surface area (Å²) >= 11 is 10.8. The van der Waals surface area contributed by atoms with Gasteiger partial charge in [0.1, 0.15) is 21.5 Å². The molecule has 2 aromatic heterocycles. The Morgan fingerprint density at radius 1 is 1.25 bits per heavy atom. The average molecular weight is 317 g/mol. The smallest absolute Gasteiger partial charge is 0.136 e. The van der Waals surface area contributed by atoms with Gasteiger partial charge in [0.25, 0.3) is 0 Å². The highest BCUT2D eigenvalue weighted by Crippen LogP contribution is 2.33. The lowest BCUT2D eigenvalue weighted by Gasteiger charge is -2.05. The third-order valence-corrected chi connectivity index (χ3v) is 4.30. The van der Waals surface area contributed by atoms with E-state index in [0.29, 0.717) is 5.15 Å². The normalized spacial score (nSPS) is 10.4. The molecule has 16 heavy (non-hydrogen) atoms. The third-order valence-electron chi connectivity index (χ3n) is 1.89. The SMILES string of the molecule is Cc1c(Cl)ncnc1Sc1ncccc1Br. The predicted molar refractivity (Wildman–Crippen MR) is 67.8 cm³/mol. The van der Waals surface area contributed by atoms with Crippen molar-refractivity contribution in [2.75, 3.05) is 0 Å². The Bertz CT molecular complexity index is 521. The summed E-state index contributed by atoms with van der Waals surface area (Å²) in [6.45, 7) is 1.89. The summed E-state index contributed by atoms with van der Waals surface area (Å²) in [5.74, 6) is 0.